The van der Waals surface area contributed by atoms with E-state index in [1.807, 2.05) is 17.0 Å². The minimum absolute atomic E-state index is 0.0749. The van der Waals surface area contributed by atoms with Gasteiger partial charge in [0.25, 0.3) is 0 Å². The molecule has 7 heteroatoms. The summed E-state index contributed by atoms with van der Waals surface area (Å²) in [6.45, 7) is 4.41. The van der Waals surface area contributed by atoms with Gasteiger partial charge in [-0.05, 0) is 49.5 Å². The van der Waals surface area contributed by atoms with E-state index in [1.54, 1.807) is 12.6 Å². The maximum absolute atomic E-state index is 12.5. The first kappa shape index (κ1) is 16.1. The summed E-state index contributed by atoms with van der Waals surface area (Å²) in [5.41, 5.74) is 8.25. The predicted octanol–water partition coefficient (Wildman–Crippen LogP) is 1.15. The molecule has 3 heterocycles. The molecule has 2 N–H and O–H groups in total. The highest BCUT2D eigenvalue weighted by Crippen LogP contribution is 2.27. The average Bonchev–Trinajstić information content (AvgIpc) is 3.23. The first-order chi connectivity index (χ1) is 12.1. The van der Waals surface area contributed by atoms with Gasteiger partial charge in [-0.15, -0.1) is 0 Å². The van der Waals surface area contributed by atoms with Crippen LogP contribution in [-0.2, 0) is 17.8 Å². The number of hydrogen-bond acceptors (Lipinski definition) is 4. The Bertz CT molecular complexity index is 822. The Balaban J connectivity index is 1.63. The maximum atomic E-state index is 12.5. The number of fused-ring (bicyclic) bond motifs is 3. The molecule has 1 saturated heterocycles. The number of aromatic nitrogens is 2. The van der Waals surface area contributed by atoms with Gasteiger partial charge in [0.2, 0.25) is 5.91 Å². The number of nitrogens with two attached hydrogens (primary N) is 1. The van der Waals surface area contributed by atoms with Crippen LogP contribution in [-0.4, -0.2) is 57.7 Å². The van der Waals surface area contributed by atoms with Crippen LogP contribution in [0.25, 0.3) is 10.9 Å². The van der Waals surface area contributed by atoms with E-state index in [0.717, 1.165) is 42.7 Å². The quantitative estimate of drug-likeness (QED) is 0.908. The molecule has 1 aromatic carbocycles. The van der Waals surface area contributed by atoms with Gasteiger partial charge in [0, 0.05) is 25.0 Å². The Kier molecular flexibility index (Phi) is 4.17. The van der Waals surface area contributed by atoms with Crippen LogP contribution in [0.5, 0.6) is 0 Å². The van der Waals surface area contributed by atoms with Crippen LogP contribution in [0.3, 0.4) is 0 Å². The van der Waals surface area contributed by atoms with Crippen molar-refractivity contribution < 1.29 is 9.59 Å². The van der Waals surface area contributed by atoms with Gasteiger partial charge in [-0.2, -0.15) is 9.78 Å². The lowest BCUT2D eigenvalue weighted by atomic mass is 10.0. The highest BCUT2D eigenvalue weighted by atomic mass is 16.2. The first-order valence-corrected chi connectivity index (χ1v) is 8.76. The lowest BCUT2D eigenvalue weighted by molar-refractivity contribution is -0.128. The van der Waals surface area contributed by atoms with Crippen molar-refractivity contribution in [3.8, 4) is 0 Å². The molecule has 2 aliphatic heterocycles. The van der Waals surface area contributed by atoms with Crippen LogP contribution in [0.2, 0.25) is 0 Å². The van der Waals surface area contributed by atoms with E-state index >= 15 is 0 Å². The molecule has 1 aromatic heterocycles. The summed E-state index contributed by atoms with van der Waals surface area (Å²) in [6.07, 6.45) is 6.52. The zero-order valence-electron chi connectivity index (χ0n) is 14.1. The van der Waals surface area contributed by atoms with Crippen molar-refractivity contribution >= 4 is 22.8 Å². The van der Waals surface area contributed by atoms with E-state index < -0.39 is 6.03 Å². The number of likely N-dealkylation sites (tertiary alicyclic amines) is 1. The van der Waals surface area contributed by atoms with E-state index in [0.29, 0.717) is 18.5 Å². The maximum Gasteiger partial charge on any atom is 0.340 e. The fraction of sp³-hybridized carbons (Fsp3) is 0.444. The van der Waals surface area contributed by atoms with E-state index in [1.165, 1.54) is 17.5 Å². The summed E-state index contributed by atoms with van der Waals surface area (Å²) in [5, 5.41) is 5.00. The number of benzene rings is 1. The molecule has 1 radical (unpaired) electrons. The van der Waals surface area contributed by atoms with E-state index in [9.17, 15) is 9.59 Å². The molecule has 2 aliphatic rings. The molecule has 1 fully saturated rings. The monoisotopic (exact) mass is 340 g/mol. The van der Waals surface area contributed by atoms with Crippen molar-refractivity contribution in [2.24, 2.45) is 5.73 Å². The molecule has 0 bridgehead atoms. The first-order valence-electron chi connectivity index (χ1n) is 8.76. The lowest BCUT2D eigenvalue weighted by Crippen LogP contribution is -2.37. The molecule has 0 spiro atoms. The van der Waals surface area contributed by atoms with Gasteiger partial charge in [-0.1, -0.05) is 6.07 Å². The summed E-state index contributed by atoms with van der Waals surface area (Å²) >= 11 is 0. The minimum atomic E-state index is -0.600. The topological polar surface area (TPSA) is 84.5 Å². The van der Waals surface area contributed by atoms with Crippen molar-refractivity contribution in [2.45, 2.75) is 25.8 Å². The Morgan fingerprint density at radius 1 is 1.20 bits per heavy atom. The lowest BCUT2D eigenvalue weighted by Gasteiger charge is -2.24. The van der Waals surface area contributed by atoms with E-state index in [4.69, 9.17) is 5.73 Å². The van der Waals surface area contributed by atoms with E-state index in [2.05, 4.69) is 10.00 Å². The molecule has 7 nitrogen and oxygen atoms in total. The SMILES string of the molecule is NC(=O)n1ncc2c3c(ccc21)C[CH]C(=O)N(CCN1CCCC1)C3. The van der Waals surface area contributed by atoms with Crippen LogP contribution in [0, 0.1) is 6.42 Å². The van der Waals surface area contributed by atoms with Crippen molar-refractivity contribution in [1.82, 2.24) is 19.6 Å². The van der Waals surface area contributed by atoms with Crippen molar-refractivity contribution in [3.63, 3.8) is 0 Å². The fourth-order valence-electron chi connectivity index (χ4n) is 3.81. The summed E-state index contributed by atoms with van der Waals surface area (Å²) in [7, 11) is 0. The summed E-state index contributed by atoms with van der Waals surface area (Å²) in [6, 6.07) is 3.22. The molecule has 25 heavy (non-hydrogen) atoms. The molecule has 2 aromatic rings. The molecular formula is C18H22N5O2. The van der Waals surface area contributed by atoms with Gasteiger partial charge < -0.3 is 15.5 Å². The number of amides is 2. The fourth-order valence-corrected chi connectivity index (χ4v) is 3.81. The van der Waals surface area contributed by atoms with Crippen LogP contribution in [0.4, 0.5) is 4.79 Å². The van der Waals surface area contributed by atoms with Crippen LogP contribution < -0.4 is 5.73 Å². The standard InChI is InChI=1S/C18H22N5O2/c19-18(25)23-16-5-3-13-4-6-17(24)22(10-9-21-7-1-2-8-21)12-15(13)14(16)11-20-23/h3,5-6,11H,1-2,4,7-10,12H2,(H2,19,25). The highest BCUT2D eigenvalue weighted by molar-refractivity contribution is 5.93. The Labute approximate surface area is 146 Å². The third kappa shape index (κ3) is 3.00. The zero-order chi connectivity index (χ0) is 17.4. The largest absolute Gasteiger partial charge is 0.350 e. The second kappa shape index (κ2) is 6.48. The molecule has 131 valence electrons. The normalized spacial score (nSPS) is 18.6. The van der Waals surface area contributed by atoms with Gasteiger partial charge >= 0.3 is 6.03 Å². The summed E-state index contributed by atoms with van der Waals surface area (Å²) in [4.78, 5) is 28.3. The van der Waals surface area contributed by atoms with Gasteiger partial charge in [0.15, 0.2) is 0 Å². The second-order valence-electron chi connectivity index (χ2n) is 6.75. The van der Waals surface area contributed by atoms with Crippen molar-refractivity contribution in [1.29, 1.82) is 0 Å². The third-order valence-corrected chi connectivity index (χ3v) is 5.21. The summed E-state index contributed by atoms with van der Waals surface area (Å²) in [5.74, 6) is 0.0749. The van der Waals surface area contributed by atoms with Gasteiger partial charge in [0.05, 0.1) is 18.1 Å². The number of hydrogen-bond donors (Lipinski definition) is 1. The average molecular weight is 340 g/mol. The Morgan fingerprint density at radius 2 is 2.00 bits per heavy atom. The van der Waals surface area contributed by atoms with E-state index in [-0.39, 0.29) is 5.91 Å². The minimum Gasteiger partial charge on any atom is -0.350 e. The number of primary amides is 1. The second-order valence-corrected chi connectivity index (χ2v) is 6.75. The van der Waals surface area contributed by atoms with Crippen molar-refractivity contribution in [3.05, 3.63) is 35.9 Å². The molecule has 0 saturated carbocycles. The number of rotatable bonds is 3. The predicted molar refractivity (Wildman–Crippen MR) is 93.8 cm³/mol. The molecule has 0 unspecified atom stereocenters. The highest BCUT2D eigenvalue weighted by Gasteiger charge is 2.24. The zero-order valence-corrected chi connectivity index (χ0v) is 14.1. The van der Waals surface area contributed by atoms with Gasteiger partial charge in [-0.25, -0.2) is 4.79 Å². The molecular weight excluding hydrogens is 318 g/mol. The molecule has 0 aliphatic carbocycles. The molecule has 4 rings (SSSR count). The Morgan fingerprint density at radius 3 is 2.76 bits per heavy atom. The van der Waals surface area contributed by atoms with Gasteiger partial charge in [0.1, 0.15) is 0 Å². The number of nitrogens with zero attached hydrogens (tertiary/aromatic N) is 4. The van der Waals surface area contributed by atoms with Crippen LogP contribution in [0.15, 0.2) is 18.3 Å². The molecule has 2 amide bonds. The number of carbonyl (C=O) groups is 2. The summed E-state index contributed by atoms with van der Waals surface area (Å²) < 4.78 is 1.21. The van der Waals surface area contributed by atoms with Gasteiger partial charge in [-0.3, -0.25) is 4.79 Å². The third-order valence-electron chi connectivity index (χ3n) is 5.21. The number of carbonyl (C=O) groups excluding carboxylic acids is 2. The van der Waals surface area contributed by atoms with Crippen LogP contribution >= 0.6 is 0 Å². The molecule has 0 atom stereocenters. The van der Waals surface area contributed by atoms with Crippen molar-refractivity contribution in [2.75, 3.05) is 26.2 Å². The Hall–Kier alpha value is -2.41. The van der Waals surface area contributed by atoms with Crippen LogP contribution in [0.1, 0.15) is 24.0 Å². The smallest absolute Gasteiger partial charge is 0.340 e.